The van der Waals surface area contributed by atoms with Gasteiger partial charge < -0.3 is 27.4 Å². The second-order valence-corrected chi connectivity index (χ2v) is 11.6. The number of alkyl halides is 1. The molecule has 1 aliphatic rings. The van der Waals surface area contributed by atoms with Gasteiger partial charge in [0.1, 0.15) is 24.2 Å². The maximum absolute atomic E-state index is 13.2. The molecule has 238 valence electrons. The number of nitro benzene ring substituents is 1. The molecule has 45 heavy (non-hydrogen) atoms. The van der Waals surface area contributed by atoms with Crippen molar-refractivity contribution in [3.63, 3.8) is 0 Å². The molecule has 1 aromatic carbocycles. The molecule has 1 aromatic heterocycles. The summed E-state index contributed by atoms with van der Waals surface area (Å²) >= 11 is 6.29. The molecule has 2 aromatic rings. The summed E-state index contributed by atoms with van der Waals surface area (Å²) in [6.07, 6.45) is 0. The third-order valence-electron chi connectivity index (χ3n) is 5.58. The molecule has 0 spiro atoms. The quantitative estimate of drug-likeness (QED) is 0.0232. The van der Waals surface area contributed by atoms with Crippen LogP contribution >= 0.6 is 22.9 Å². The molecule has 3 rings (SSSR count). The van der Waals surface area contributed by atoms with E-state index >= 15 is 0 Å². The summed E-state index contributed by atoms with van der Waals surface area (Å²) in [5.74, 6) is -6.08. The molecule has 0 bridgehead atoms. The fourth-order valence-corrected chi connectivity index (χ4v) is 5.01. The Kier molecular flexibility index (Phi) is 12.5. The summed E-state index contributed by atoms with van der Waals surface area (Å²) in [5.41, 5.74) is 2.54. The van der Waals surface area contributed by atoms with Crippen LogP contribution in [-0.4, -0.2) is 86.1 Å². The largest absolute Gasteiger partial charge is 1.00 e. The van der Waals surface area contributed by atoms with Crippen LogP contribution < -0.4 is 45.9 Å². The van der Waals surface area contributed by atoms with Crippen LogP contribution in [0.1, 0.15) is 26.5 Å². The Morgan fingerprint density at radius 2 is 1.91 bits per heavy atom. The summed E-state index contributed by atoms with van der Waals surface area (Å²) in [6, 6.07) is 1.33. The Hall–Kier alpha value is -3.73. The van der Waals surface area contributed by atoms with Crippen LogP contribution in [0.5, 0.6) is 0 Å². The molecule has 2 atom stereocenters. The van der Waals surface area contributed by atoms with Crippen LogP contribution in [0.4, 0.5) is 10.8 Å². The SMILES string of the molecule is CC(C)(O/N=C(\C(=O)NC1C(=O)N(S(=O)(=O)O)C1C(N)=O)c1csc(NC(=O)CCl)n1)C(=O)OCc1ccc([N+](=O)[O-])cc1.[H-].[Na+]. The van der Waals surface area contributed by atoms with Crippen molar-refractivity contribution in [2.45, 2.75) is 38.1 Å². The van der Waals surface area contributed by atoms with Gasteiger partial charge in [-0.2, -0.15) is 12.7 Å². The minimum absolute atomic E-state index is 0. The zero-order valence-corrected chi connectivity index (χ0v) is 27.8. The van der Waals surface area contributed by atoms with Crippen LogP contribution in [0, 0.1) is 10.1 Å². The van der Waals surface area contributed by atoms with E-state index in [4.69, 9.17) is 26.9 Å². The topological polar surface area (TPSA) is 280 Å². The molecule has 5 N–H and O–H groups in total. The van der Waals surface area contributed by atoms with Crippen LogP contribution in [0.2, 0.25) is 0 Å². The molecule has 0 aliphatic carbocycles. The first-order valence-corrected chi connectivity index (χ1v) is 14.7. The molecule has 1 aliphatic heterocycles. The van der Waals surface area contributed by atoms with Gasteiger partial charge >= 0.3 is 45.8 Å². The van der Waals surface area contributed by atoms with Gasteiger partial charge in [-0.3, -0.25) is 33.8 Å². The Labute approximate surface area is 286 Å². The van der Waals surface area contributed by atoms with Crippen LogP contribution in [0.15, 0.2) is 34.8 Å². The van der Waals surface area contributed by atoms with Crippen molar-refractivity contribution in [2.24, 2.45) is 10.9 Å². The molecule has 23 heteroatoms. The second kappa shape index (κ2) is 15.0. The number of hydrogen-bond acceptors (Lipinski definition) is 14. The first-order chi connectivity index (χ1) is 20.5. The molecule has 4 amide bonds. The van der Waals surface area contributed by atoms with Gasteiger partial charge in [-0.25, -0.2) is 9.78 Å². The predicted octanol–water partition coefficient (Wildman–Crippen LogP) is -3.43. The van der Waals surface area contributed by atoms with E-state index in [0.717, 1.165) is 11.3 Å². The number of nitrogens with one attached hydrogen (secondary N) is 2. The number of rotatable bonds is 13. The van der Waals surface area contributed by atoms with Crippen LogP contribution in [0.3, 0.4) is 0 Å². The van der Waals surface area contributed by atoms with Crippen molar-refractivity contribution in [3.05, 3.63) is 51.0 Å². The molecule has 2 heterocycles. The molecular weight excluding hydrogens is 677 g/mol. The summed E-state index contributed by atoms with van der Waals surface area (Å²) in [5, 5.41) is 20.1. The molecule has 19 nitrogen and oxygen atoms in total. The predicted molar refractivity (Wildman–Crippen MR) is 150 cm³/mol. The Balaban J connectivity index is 0.00000529. The second-order valence-electron chi connectivity index (χ2n) is 9.17. The fraction of sp³-hybridized carbons (Fsp3) is 0.318. The molecule has 0 saturated carbocycles. The molecule has 1 saturated heterocycles. The van der Waals surface area contributed by atoms with Crippen molar-refractivity contribution in [3.8, 4) is 0 Å². The molecule has 2 unspecified atom stereocenters. The zero-order valence-electron chi connectivity index (χ0n) is 24.5. The summed E-state index contributed by atoms with van der Waals surface area (Å²) in [4.78, 5) is 81.2. The maximum Gasteiger partial charge on any atom is 1.00 e. The number of hydrogen-bond donors (Lipinski definition) is 4. The number of ether oxygens (including phenoxy) is 1. The van der Waals surface area contributed by atoms with Gasteiger partial charge in [-0.05, 0) is 31.5 Å². The van der Waals surface area contributed by atoms with E-state index in [1.54, 1.807) is 0 Å². The number of oxime groups is 1. The van der Waals surface area contributed by atoms with Crippen molar-refractivity contribution < 1.29 is 82.4 Å². The number of nitrogens with two attached hydrogens (primary N) is 1. The van der Waals surface area contributed by atoms with Gasteiger partial charge in [0.05, 0.1) is 4.92 Å². The number of amides is 4. The number of thiazole rings is 1. The summed E-state index contributed by atoms with van der Waals surface area (Å²) in [7, 11) is -5.20. The number of primary amides is 1. The number of β-lactam (4-membered cyclic amide) rings is 1. The van der Waals surface area contributed by atoms with Crippen molar-refractivity contribution in [2.75, 3.05) is 11.2 Å². The van der Waals surface area contributed by atoms with Crippen LogP contribution in [0.25, 0.3) is 0 Å². The van der Waals surface area contributed by atoms with Gasteiger partial charge in [0.15, 0.2) is 16.9 Å². The van der Waals surface area contributed by atoms with E-state index in [1.165, 1.54) is 43.5 Å². The average molecular weight is 700 g/mol. The Bertz CT molecular complexity index is 1660. The third kappa shape index (κ3) is 9.15. The summed E-state index contributed by atoms with van der Waals surface area (Å²) < 4.78 is 37.1. The number of benzene rings is 1. The standard InChI is InChI=1S/C22H22ClN7O12S2.Na.H/c1-22(2,20(35)41-8-10-3-5-11(6-4-10)30(36)37)42-28-14(12-9-43-21(25-12)26-13(31)7-23)18(33)27-15-16(17(24)32)29(19(15)34)44(38,39)40;;/h3-6,9,15-16H,7-8H2,1-2H3,(H2,24,32)(H,27,33)(H,25,26,31)(H,38,39,40);;/q;+1;-1/b28-14-;;. The van der Waals surface area contributed by atoms with Crippen molar-refractivity contribution in [1.82, 2.24) is 14.6 Å². The number of nitro groups is 1. The van der Waals surface area contributed by atoms with Gasteiger partial charge in [0, 0.05) is 17.5 Å². The smallest absolute Gasteiger partial charge is 1.00 e. The number of carbonyl (C=O) groups is 5. The van der Waals surface area contributed by atoms with Crippen LogP contribution in [-0.2, 0) is 50.5 Å². The number of esters is 1. The van der Waals surface area contributed by atoms with Gasteiger partial charge in [0.2, 0.25) is 17.4 Å². The zero-order chi connectivity index (χ0) is 33.0. The van der Waals surface area contributed by atoms with E-state index in [9.17, 15) is 47.1 Å². The fourth-order valence-electron chi connectivity index (χ4n) is 3.38. The number of halogens is 1. The molecule has 1 fully saturated rings. The van der Waals surface area contributed by atoms with E-state index < -0.39 is 74.1 Å². The van der Waals surface area contributed by atoms with Crippen molar-refractivity contribution >= 4 is 79.4 Å². The monoisotopic (exact) mass is 699 g/mol. The first kappa shape index (κ1) is 37.5. The number of anilines is 1. The number of non-ortho nitro benzene ring substituents is 1. The Morgan fingerprint density at radius 1 is 1.29 bits per heavy atom. The van der Waals surface area contributed by atoms with E-state index in [2.05, 4.69) is 20.8 Å². The maximum atomic E-state index is 13.2. The van der Waals surface area contributed by atoms with E-state index in [1.807, 2.05) is 0 Å². The van der Waals surface area contributed by atoms with Gasteiger partial charge in [-0.15, -0.1) is 22.9 Å². The van der Waals surface area contributed by atoms with Gasteiger partial charge in [0.25, 0.3) is 17.5 Å². The minimum atomic E-state index is -5.20. The third-order valence-corrected chi connectivity index (χ3v) is 7.49. The minimum Gasteiger partial charge on any atom is -1.00 e. The number of nitrogens with zero attached hydrogens (tertiary/aromatic N) is 4. The Morgan fingerprint density at radius 3 is 2.44 bits per heavy atom. The first-order valence-electron chi connectivity index (χ1n) is 11.9. The normalized spacial score (nSPS) is 16.5. The molecular formula is C22H23ClN7NaO12S2. The van der Waals surface area contributed by atoms with E-state index in [-0.39, 0.29) is 58.4 Å². The number of aromatic nitrogens is 1. The van der Waals surface area contributed by atoms with Gasteiger partial charge in [-0.1, -0.05) is 5.16 Å². The van der Waals surface area contributed by atoms with E-state index in [0.29, 0.717) is 5.56 Å². The van der Waals surface area contributed by atoms with Crippen molar-refractivity contribution in [1.29, 1.82) is 0 Å². The number of carbonyl (C=O) groups excluding carboxylic acids is 5. The average Bonchev–Trinajstić information content (AvgIpc) is 3.39. The molecule has 0 radical (unpaired) electrons. The summed E-state index contributed by atoms with van der Waals surface area (Å²) in [6.45, 7) is 2.14.